The van der Waals surface area contributed by atoms with Gasteiger partial charge in [-0.15, -0.1) is 0 Å². The van der Waals surface area contributed by atoms with Crippen LogP contribution in [0, 0.1) is 0 Å². The summed E-state index contributed by atoms with van der Waals surface area (Å²) in [5.74, 6) is -33.9. The number of phenolic OH excluding ortho intramolecular Hbond substituents is 16. The molecule has 2 bridgehead atoms. The number of hydrogen-bond acceptors (Lipinski definition) is 31. The fourth-order valence-electron chi connectivity index (χ4n) is 9.47. The van der Waals surface area contributed by atoms with Crippen LogP contribution in [0.2, 0.25) is 0 Å². The van der Waals surface area contributed by atoms with Gasteiger partial charge in [0.05, 0.1) is 27.5 Å². The van der Waals surface area contributed by atoms with E-state index in [-0.39, 0.29) is 6.07 Å². The Labute approximate surface area is 429 Å². The summed E-state index contributed by atoms with van der Waals surface area (Å²) in [6.45, 7) is -1.45. The van der Waals surface area contributed by atoms with Crippen LogP contribution in [0.4, 0.5) is 0 Å². The second-order valence-corrected chi connectivity index (χ2v) is 17.4. The maximum absolute atomic E-state index is 15.0. The lowest BCUT2D eigenvalue weighted by Crippen LogP contribution is -2.62. The van der Waals surface area contributed by atoms with Crippen molar-refractivity contribution in [2.45, 2.75) is 30.7 Å². The number of carbonyl (C=O) groups is 4. The van der Waals surface area contributed by atoms with Gasteiger partial charge in [0, 0.05) is 33.7 Å². The third-order valence-corrected chi connectivity index (χ3v) is 13.1. The molecule has 31 nitrogen and oxygen atoms in total. The third kappa shape index (κ3) is 6.85. The zero-order valence-corrected chi connectivity index (χ0v) is 38.2. The lowest BCUT2D eigenvalue weighted by molar-refractivity contribution is -0.284. The topological polar surface area (TPSA) is 528 Å². The van der Waals surface area contributed by atoms with Crippen LogP contribution < -0.4 is 16.0 Å². The minimum absolute atomic E-state index is 0.284. The molecule has 5 atom stereocenters. The first kappa shape index (κ1) is 49.9. The highest BCUT2D eigenvalue weighted by atomic mass is 16.7. The number of phenols is 16. The first-order chi connectivity index (χ1) is 37.2. The van der Waals surface area contributed by atoms with E-state index in [9.17, 15) is 111 Å². The van der Waals surface area contributed by atoms with Gasteiger partial charge in [0.25, 0.3) is 0 Å². The van der Waals surface area contributed by atoms with Gasteiger partial charge in [0.15, 0.2) is 93.3 Å². The Morgan fingerprint density at radius 1 is 0.367 bits per heavy atom. The molecule has 1 fully saturated rings. The molecule has 406 valence electrons. The molecule has 5 unspecified atom stereocenters. The number of aliphatic hydroxyl groups excluding tert-OH is 1. The molecule has 3 aliphatic heterocycles. The number of aliphatic hydroxyl groups is 1. The highest BCUT2D eigenvalue weighted by Gasteiger charge is 2.54. The summed E-state index contributed by atoms with van der Waals surface area (Å²) in [5, 5.41) is 184. The van der Waals surface area contributed by atoms with E-state index >= 15 is 4.79 Å². The summed E-state index contributed by atoms with van der Waals surface area (Å²) < 4.78 is 44.1. The Morgan fingerprint density at radius 3 is 1.30 bits per heavy atom. The summed E-state index contributed by atoms with van der Waals surface area (Å²) >= 11 is 0. The van der Waals surface area contributed by atoms with Crippen LogP contribution in [0.5, 0.6) is 103 Å². The van der Waals surface area contributed by atoms with Gasteiger partial charge >= 0.3 is 35.1 Å². The highest BCUT2D eigenvalue weighted by Crippen LogP contribution is 2.59. The molecule has 79 heavy (non-hydrogen) atoms. The van der Waals surface area contributed by atoms with E-state index in [2.05, 4.69) is 0 Å². The number of hydrogen-bond donors (Lipinski definition) is 17. The van der Waals surface area contributed by atoms with Crippen LogP contribution in [0.1, 0.15) is 41.4 Å². The molecule has 11 rings (SSSR count). The molecule has 17 N–H and O–H groups in total. The Bertz CT molecular complexity index is 4260. The van der Waals surface area contributed by atoms with Crippen molar-refractivity contribution >= 4 is 56.6 Å². The van der Waals surface area contributed by atoms with Crippen molar-refractivity contribution in [3.05, 3.63) is 67.4 Å². The first-order valence-corrected chi connectivity index (χ1v) is 21.9. The fourth-order valence-corrected chi connectivity index (χ4v) is 9.47. The van der Waals surface area contributed by atoms with Crippen molar-refractivity contribution in [3.63, 3.8) is 0 Å². The predicted molar refractivity (Wildman–Crippen MR) is 246 cm³/mol. The van der Waals surface area contributed by atoms with Crippen LogP contribution in [0.15, 0.2) is 42.7 Å². The number of ether oxygens (including phenoxy) is 6. The second-order valence-electron chi connectivity index (χ2n) is 17.4. The smallest absolute Gasteiger partial charge is 0.348 e. The van der Waals surface area contributed by atoms with E-state index in [1.54, 1.807) is 0 Å². The normalized spacial score (nSPS) is 19.2. The molecule has 3 aliphatic rings. The zero-order valence-electron chi connectivity index (χ0n) is 38.2. The standard InChI is InChI=1S/C48H28O31/c49-10-1-6-15(27(57)23(10)53)16-7(2-11(50)24(54)28(16)58)45(68)79-41-40(78-44(6)67)36-14(73-48(41)71)5-72-42(65)9-4-13(52)26(56)32(62)35(9)74-39-34(64)31(61)22-20-19-21(46(69)77-38(20)39)18(30(60)33(63)37(19)76-47(22)70)17-8(43(66)75-36)3-12(51)25(55)29(17)59/h1-4,14,36,40-41,48-64,71H,5H2. The SMILES string of the molecule is O=C1OCC2OC(O)C3OC(=O)c4cc(O)c(O)c(O)c4-c4c(cc(O)c(O)c4O)C(=O)OC3C2OC(=O)c2cc(O)c(O)c(O)c2-c2c(O)c(O)c3oc(=O)c4c(O)c(O)c(c5oc(=O)c2c3c54)Oc2c1cc(O)c(O)c2O. The lowest BCUT2D eigenvalue weighted by Gasteiger charge is -2.43. The van der Waals surface area contributed by atoms with Gasteiger partial charge < -0.3 is 124 Å². The molecule has 0 amide bonds. The van der Waals surface area contributed by atoms with E-state index in [4.69, 9.17) is 37.3 Å². The minimum atomic E-state index is -2.69. The average Bonchev–Trinajstić information content (AvgIpc) is 3.59. The maximum Gasteiger partial charge on any atom is 0.348 e. The van der Waals surface area contributed by atoms with Crippen LogP contribution in [-0.4, -0.2) is 148 Å². The number of rotatable bonds is 0. The summed E-state index contributed by atoms with van der Waals surface area (Å²) in [7, 11) is 0. The van der Waals surface area contributed by atoms with Gasteiger partial charge in [0.2, 0.25) is 46.0 Å². The van der Waals surface area contributed by atoms with Gasteiger partial charge in [-0.25, -0.2) is 28.8 Å². The van der Waals surface area contributed by atoms with E-state index in [0.717, 1.165) is 0 Å². The summed E-state index contributed by atoms with van der Waals surface area (Å²) in [5.41, 5.74) is -15.4. The Balaban J connectivity index is 1.21. The average molecular weight is 1100 g/mol. The summed E-state index contributed by atoms with van der Waals surface area (Å²) in [4.78, 5) is 86.0. The molecular weight excluding hydrogens is 1070 g/mol. The van der Waals surface area contributed by atoms with Crippen molar-refractivity contribution in [1.82, 2.24) is 0 Å². The number of cyclic esters (lactones) is 1. The van der Waals surface area contributed by atoms with Crippen molar-refractivity contribution < 1.29 is 143 Å². The quantitative estimate of drug-likeness (QED) is 0.0340. The molecule has 2 aromatic heterocycles. The van der Waals surface area contributed by atoms with Crippen LogP contribution in [0.25, 0.3) is 55.0 Å². The van der Waals surface area contributed by atoms with Gasteiger partial charge in [-0.1, -0.05) is 0 Å². The van der Waals surface area contributed by atoms with E-state index < -0.39 is 253 Å². The fraction of sp³-hybridized carbons (Fsp3) is 0.125. The molecule has 0 radical (unpaired) electrons. The molecule has 8 aromatic rings. The second kappa shape index (κ2) is 16.8. The Morgan fingerprint density at radius 2 is 0.772 bits per heavy atom. The van der Waals surface area contributed by atoms with Crippen molar-refractivity contribution in [3.8, 4) is 126 Å². The summed E-state index contributed by atoms with van der Waals surface area (Å²) in [6, 6.07) is 1.39. The molecular formula is C48H28O31. The van der Waals surface area contributed by atoms with Crippen LogP contribution >= 0.6 is 0 Å². The molecule has 0 saturated carbocycles. The van der Waals surface area contributed by atoms with E-state index in [0.29, 0.717) is 18.2 Å². The summed E-state index contributed by atoms with van der Waals surface area (Å²) in [6.07, 6.45) is -12.9. The number of esters is 4. The van der Waals surface area contributed by atoms with Crippen molar-refractivity contribution in [2.24, 2.45) is 0 Å². The highest BCUT2D eigenvalue weighted by molar-refractivity contribution is 6.27. The van der Waals surface area contributed by atoms with E-state index in [1.165, 1.54) is 0 Å². The van der Waals surface area contributed by atoms with Crippen LogP contribution in [-0.2, 0) is 23.7 Å². The monoisotopic (exact) mass is 1100 g/mol. The number of carbonyl (C=O) groups excluding carboxylic acids is 4. The molecule has 0 aliphatic carbocycles. The lowest BCUT2D eigenvalue weighted by atomic mass is 9.90. The molecule has 0 spiro atoms. The van der Waals surface area contributed by atoms with Crippen molar-refractivity contribution in [1.29, 1.82) is 0 Å². The van der Waals surface area contributed by atoms with E-state index in [1.807, 2.05) is 0 Å². The maximum atomic E-state index is 15.0. The van der Waals surface area contributed by atoms with Crippen LogP contribution in [0.3, 0.4) is 0 Å². The van der Waals surface area contributed by atoms with Gasteiger partial charge in [0.1, 0.15) is 23.7 Å². The largest absolute Gasteiger partial charge is 0.504 e. The first-order valence-electron chi connectivity index (χ1n) is 21.9. The predicted octanol–water partition coefficient (Wildman–Crippen LogP) is 2.08. The number of benzene rings is 6. The Kier molecular flexibility index (Phi) is 10.6. The van der Waals surface area contributed by atoms with Gasteiger partial charge in [-0.05, 0) is 18.2 Å². The van der Waals surface area contributed by atoms with Gasteiger partial charge in [-0.2, -0.15) is 0 Å². The third-order valence-electron chi connectivity index (χ3n) is 13.1. The van der Waals surface area contributed by atoms with Gasteiger partial charge in [-0.3, -0.25) is 0 Å². The molecule has 5 heterocycles. The number of fused-ring (bicyclic) bond motifs is 10. The number of aromatic hydroxyl groups is 16. The Hall–Kier alpha value is -11.3. The molecule has 1 saturated heterocycles. The minimum Gasteiger partial charge on any atom is -0.504 e. The molecule has 6 aromatic carbocycles. The zero-order chi connectivity index (χ0) is 57.0. The van der Waals surface area contributed by atoms with Crippen molar-refractivity contribution in [2.75, 3.05) is 6.61 Å². The molecule has 31 heteroatoms.